The number of carbonyl (C=O) groups is 1. The van der Waals surface area contributed by atoms with E-state index in [1.165, 1.54) is 4.90 Å². The van der Waals surface area contributed by atoms with Gasteiger partial charge in [-0.3, -0.25) is 4.90 Å². The van der Waals surface area contributed by atoms with Gasteiger partial charge in [0.2, 0.25) is 0 Å². The maximum Gasteiger partial charge on any atom is 0.326 e. The molecule has 0 aliphatic carbocycles. The molecule has 0 aliphatic heterocycles. The second kappa shape index (κ2) is 8.02. The maximum absolute atomic E-state index is 12.9. The van der Waals surface area contributed by atoms with Gasteiger partial charge in [-0.15, -0.1) is 0 Å². The molecule has 4 heteroatoms. The molecule has 0 aliphatic rings. The highest BCUT2D eigenvalue weighted by atomic mass is 16.5. The van der Waals surface area contributed by atoms with Crippen molar-refractivity contribution in [3.05, 3.63) is 90.5 Å². The molecule has 4 nitrogen and oxygen atoms in total. The number of anilines is 2. The Kier molecular flexibility index (Phi) is 4.90. The lowest BCUT2D eigenvalue weighted by Crippen LogP contribution is -2.34. The molecule has 0 bridgehead atoms. The number of nitrogens with zero attached hydrogens (tertiary/aromatic N) is 1. The van der Waals surface area contributed by atoms with E-state index in [2.05, 4.69) is 5.32 Å². The summed E-state index contributed by atoms with van der Waals surface area (Å²) in [6, 6.07) is 25.2. The van der Waals surface area contributed by atoms with Gasteiger partial charge in [-0.2, -0.15) is 0 Å². The number of hydrogen-bond donors (Lipinski definition) is 1. The first-order valence-corrected chi connectivity index (χ1v) is 7.95. The van der Waals surface area contributed by atoms with Crippen LogP contribution in [0.1, 0.15) is 6.93 Å². The van der Waals surface area contributed by atoms with Gasteiger partial charge in [-0.05, 0) is 42.0 Å². The smallest absolute Gasteiger partial charge is 0.326 e. The lowest BCUT2D eigenvalue weighted by atomic mass is 10.2. The van der Waals surface area contributed by atoms with Crippen molar-refractivity contribution in [2.24, 2.45) is 0 Å². The lowest BCUT2D eigenvalue weighted by molar-refractivity contribution is 0.256. The Morgan fingerprint density at radius 1 is 0.960 bits per heavy atom. The van der Waals surface area contributed by atoms with Crippen molar-refractivity contribution in [1.82, 2.24) is 0 Å². The molecule has 1 unspecified atom stereocenters. The average Bonchev–Trinajstić information content (AvgIpc) is 2.70. The molecular formula is C21H20N2O2. The molecule has 3 aromatic carbocycles. The molecule has 0 fully saturated rings. The third kappa shape index (κ3) is 4.38. The zero-order valence-electron chi connectivity index (χ0n) is 14.9. The van der Waals surface area contributed by atoms with Crippen molar-refractivity contribution in [3.8, 4) is 5.75 Å². The summed E-state index contributed by atoms with van der Waals surface area (Å²) in [5.74, 6) is 0.713. The summed E-state index contributed by atoms with van der Waals surface area (Å²) in [5, 5.41) is 2.85. The van der Waals surface area contributed by atoms with Crippen molar-refractivity contribution in [2.45, 2.75) is 6.52 Å². The molecule has 25 heavy (non-hydrogen) atoms. The second-order valence-corrected chi connectivity index (χ2v) is 5.40. The first kappa shape index (κ1) is 15.3. The molecule has 1 N–H and O–H groups in total. The predicted octanol–water partition coefficient (Wildman–Crippen LogP) is 4.93. The van der Waals surface area contributed by atoms with Crippen LogP contribution in [0.2, 0.25) is 0 Å². The molecule has 2 amide bonds. The zero-order chi connectivity index (χ0) is 18.4. The first-order chi connectivity index (χ1) is 12.7. The van der Waals surface area contributed by atoms with Gasteiger partial charge in [0.15, 0.2) is 0 Å². The SMILES string of the molecule is [2H]C(c1ccccc1)N(C(=O)Nc1ccc(OC)cc1)c1ccccc1. The van der Waals surface area contributed by atoms with E-state index in [0.717, 1.165) is 5.56 Å². The number of benzene rings is 3. The normalized spacial score (nSPS) is 12.0. The Labute approximate surface area is 149 Å². The van der Waals surface area contributed by atoms with Crippen LogP contribution in [-0.2, 0) is 6.52 Å². The van der Waals surface area contributed by atoms with Crippen LogP contribution >= 0.6 is 0 Å². The predicted molar refractivity (Wildman–Crippen MR) is 101 cm³/mol. The molecule has 1 atom stereocenters. The monoisotopic (exact) mass is 333 g/mol. The minimum Gasteiger partial charge on any atom is -0.497 e. The topological polar surface area (TPSA) is 41.6 Å². The van der Waals surface area contributed by atoms with Crippen LogP contribution in [0.5, 0.6) is 5.75 Å². The van der Waals surface area contributed by atoms with E-state index in [9.17, 15) is 4.79 Å². The van der Waals surface area contributed by atoms with Gasteiger partial charge in [-0.1, -0.05) is 48.5 Å². The fourth-order valence-corrected chi connectivity index (χ4v) is 2.39. The zero-order valence-corrected chi connectivity index (χ0v) is 13.9. The molecule has 0 heterocycles. The van der Waals surface area contributed by atoms with Crippen LogP contribution in [0.25, 0.3) is 0 Å². The number of para-hydroxylation sites is 1. The number of hydrogen-bond acceptors (Lipinski definition) is 2. The van der Waals surface area contributed by atoms with Crippen molar-refractivity contribution >= 4 is 17.4 Å². The third-order valence-electron chi connectivity index (χ3n) is 3.67. The van der Waals surface area contributed by atoms with E-state index >= 15 is 0 Å². The van der Waals surface area contributed by atoms with Crippen LogP contribution in [0, 0.1) is 0 Å². The Morgan fingerprint density at radius 3 is 2.16 bits per heavy atom. The fourth-order valence-electron chi connectivity index (χ4n) is 2.39. The summed E-state index contributed by atoms with van der Waals surface area (Å²) >= 11 is 0. The van der Waals surface area contributed by atoms with Gasteiger partial charge in [0.1, 0.15) is 5.75 Å². The summed E-state index contributed by atoms with van der Waals surface area (Å²) in [7, 11) is 1.59. The van der Waals surface area contributed by atoms with E-state index in [-0.39, 0.29) is 6.03 Å². The Balaban J connectivity index is 1.88. The summed E-state index contributed by atoms with van der Waals surface area (Å²) in [5.41, 5.74) is 2.03. The van der Waals surface area contributed by atoms with Crippen molar-refractivity contribution in [1.29, 1.82) is 0 Å². The Bertz CT molecular complexity index is 839. The first-order valence-electron chi connectivity index (χ1n) is 8.53. The number of nitrogens with one attached hydrogen (secondary N) is 1. The highest BCUT2D eigenvalue weighted by molar-refractivity contribution is 6.01. The Hall–Kier alpha value is -3.27. The van der Waals surface area contributed by atoms with Gasteiger partial charge < -0.3 is 10.1 Å². The van der Waals surface area contributed by atoms with Crippen molar-refractivity contribution in [3.63, 3.8) is 0 Å². The summed E-state index contributed by atoms with van der Waals surface area (Å²) in [6.07, 6.45) is 0. The van der Waals surface area contributed by atoms with Gasteiger partial charge in [0, 0.05) is 11.4 Å². The molecular weight excluding hydrogens is 312 g/mol. The lowest BCUT2D eigenvalue weighted by Gasteiger charge is -2.23. The maximum atomic E-state index is 12.9. The minimum absolute atomic E-state index is 0.370. The molecule has 0 saturated heterocycles. The van der Waals surface area contributed by atoms with E-state index < -0.39 is 6.52 Å². The average molecular weight is 333 g/mol. The summed E-state index contributed by atoms with van der Waals surface area (Å²) in [6.45, 7) is -0.864. The summed E-state index contributed by atoms with van der Waals surface area (Å²) in [4.78, 5) is 14.4. The van der Waals surface area contributed by atoms with E-state index in [0.29, 0.717) is 17.1 Å². The van der Waals surface area contributed by atoms with Crippen LogP contribution in [0.4, 0.5) is 16.2 Å². The molecule has 3 rings (SSSR count). The fraction of sp³-hybridized carbons (Fsp3) is 0.0952. The number of carbonyl (C=O) groups excluding carboxylic acids is 1. The number of amides is 2. The highest BCUT2D eigenvalue weighted by Crippen LogP contribution is 2.20. The molecule has 0 radical (unpaired) electrons. The molecule has 126 valence electrons. The van der Waals surface area contributed by atoms with Crippen LogP contribution in [-0.4, -0.2) is 13.1 Å². The van der Waals surface area contributed by atoms with Crippen LogP contribution in [0.15, 0.2) is 84.9 Å². The molecule has 0 saturated carbocycles. The minimum atomic E-state index is -0.864. The number of rotatable bonds is 5. The molecule has 0 aromatic heterocycles. The standard InChI is InChI=1S/C21H20N2O2/c1-25-20-14-12-18(13-15-20)22-21(24)23(19-10-6-3-7-11-19)16-17-8-4-2-5-9-17/h2-15H,16H2,1H3,(H,22,24)/i16D. The van der Waals surface area contributed by atoms with Crippen molar-refractivity contribution in [2.75, 3.05) is 17.3 Å². The Morgan fingerprint density at radius 2 is 1.56 bits per heavy atom. The van der Waals surface area contributed by atoms with Gasteiger partial charge in [0.05, 0.1) is 15.0 Å². The van der Waals surface area contributed by atoms with E-state index in [4.69, 9.17) is 6.11 Å². The number of ether oxygens (including phenoxy) is 1. The number of urea groups is 1. The van der Waals surface area contributed by atoms with Gasteiger partial charge in [-0.25, -0.2) is 4.79 Å². The highest BCUT2D eigenvalue weighted by Gasteiger charge is 2.16. The summed E-state index contributed by atoms with van der Waals surface area (Å²) < 4.78 is 13.7. The largest absolute Gasteiger partial charge is 0.497 e. The number of methoxy groups -OCH3 is 1. The van der Waals surface area contributed by atoms with E-state index in [1.54, 1.807) is 31.4 Å². The van der Waals surface area contributed by atoms with Gasteiger partial charge in [0.25, 0.3) is 0 Å². The van der Waals surface area contributed by atoms with Gasteiger partial charge >= 0.3 is 6.03 Å². The van der Waals surface area contributed by atoms with Crippen LogP contribution in [0.3, 0.4) is 0 Å². The van der Waals surface area contributed by atoms with Crippen LogP contribution < -0.4 is 15.0 Å². The third-order valence-corrected chi connectivity index (χ3v) is 3.67. The molecule has 0 spiro atoms. The quantitative estimate of drug-likeness (QED) is 0.719. The second-order valence-electron chi connectivity index (χ2n) is 5.40. The van der Waals surface area contributed by atoms with E-state index in [1.807, 2.05) is 60.7 Å². The van der Waals surface area contributed by atoms with Crippen molar-refractivity contribution < 1.29 is 10.9 Å². The molecule has 3 aromatic rings.